The molecule has 2 aromatic rings. The Morgan fingerprint density at radius 1 is 1.33 bits per heavy atom. The summed E-state index contributed by atoms with van der Waals surface area (Å²) in [6.45, 7) is 0. The van der Waals surface area contributed by atoms with Gasteiger partial charge in [-0.2, -0.15) is 5.10 Å². The summed E-state index contributed by atoms with van der Waals surface area (Å²) in [5, 5.41) is 14.3. The summed E-state index contributed by atoms with van der Waals surface area (Å²) in [5.74, 6) is 0. The lowest BCUT2D eigenvalue weighted by atomic mass is 10.2. The Hall–Kier alpha value is -1.13. The van der Waals surface area contributed by atoms with E-state index in [-0.39, 0.29) is 0 Å². The first kappa shape index (κ1) is 10.4. The lowest BCUT2D eigenvalue weighted by Gasteiger charge is -2.02. The molecule has 0 amide bonds. The van der Waals surface area contributed by atoms with E-state index in [1.54, 1.807) is 10.9 Å². The first-order chi connectivity index (χ1) is 7.31. The highest BCUT2D eigenvalue weighted by molar-refractivity contribution is 9.09. The van der Waals surface area contributed by atoms with Crippen LogP contribution in [0.4, 0.5) is 0 Å². The molecule has 0 unspecified atom stereocenters. The fraction of sp³-hybridized carbons (Fsp3) is 0.182. The summed E-state index contributed by atoms with van der Waals surface area (Å²) >= 11 is 3.23. The summed E-state index contributed by atoms with van der Waals surface area (Å²) in [6.07, 6.45) is 3.02. The second-order valence-electron chi connectivity index (χ2n) is 3.22. The Bertz CT molecular complexity index is 427. The average molecular weight is 267 g/mol. The Morgan fingerprint density at radius 3 is 2.73 bits per heavy atom. The molecule has 0 saturated carbocycles. The van der Waals surface area contributed by atoms with Gasteiger partial charge in [-0.3, -0.25) is 0 Å². The van der Waals surface area contributed by atoms with E-state index in [0.29, 0.717) is 5.33 Å². The third-order valence-electron chi connectivity index (χ3n) is 2.15. The predicted octanol–water partition coefficient (Wildman–Crippen LogP) is 2.30. The van der Waals surface area contributed by atoms with Gasteiger partial charge in [0.1, 0.15) is 0 Å². The molecule has 1 atom stereocenters. The van der Waals surface area contributed by atoms with Gasteiger partial charge in [-0.15, -0.1) is 0 Å². The van der Waals surface area contributed by atoms with Crippen molar-refractivity contribution < 1.29 is 5.11 Å². The molecule has 0 fully saturated rings. The highest BCUT2D eigenvalue weighted by Gasteiger charge is 2.08. The third-order valence-corrected chi connectivity index (χ3v) is 2.77. The molecule has 4 heteroatoms. The molecular weight excluding hydrogens is 256 g/mol. The first-order valence-electron chi connectivity index (χ1n) is 4.65. The van der Waals surface area contributed by atoms with Crippen LogP contribution in [-0.2, 0) is 0 Å². The van der Waals surface area contributed by atoms with Gasteiger partial charge >= 0.3 is 0 Å². The number of benzene rings is 1. The van der Waals surface area contributed by atoms with Crippen molar-refractivity contribution in [3.8, 4) is 5.69 Å². The summed E-state index contributed by atoms with van der Waals surface area (Å²) in [4.78, 5) is 0. The fourth-order valence-electron chi connectivity index (χ4n) is 1.32. The zero-order chi connectivity index (χ0) is 10.7. The first-order valence-corrected chi connectivity index (χ1v) is 5.77. The van der Waals surface area contributed by atoms with Crippen molar-refractivity contribution >= 4 is 15.9 Å². The maximum Gasteiger partial charge on any atom is 0.0917 e. The van der Waals surface area contributed by atoms with Gasteiger partial charge < -0.3 is 5.11 Å². The quantitative estimate of drug-likeness (QED) is 0.866. The average Bonchev–Trinajstić information content (AvgIpc) is 2.78. The van der Waals surface area contributed by atoms with Gasteiger partial charge in [0.2, 0.25) is 0 Å². The number of aromatic nitrogens is 2. The van der Waals surface area contributed by atoms with Crippen LogP contribution in [0.15, 0.2) is 42.7 Å². The van der Waals surface area contributed by atoms with E-state index in [0.717, 1.165) is 11.3 Å². The Morgan fingerprint density at radius 2 is 2.07 bits per heavy atom. The van der Waals surface area contributed by atoms with Crippen LogP contribution in [-0.4, -0.2) is 20.2 Å². The Balaban J connectivity index is 2.28. The number of rotatable bonds is 3. The van der Waals surface area contributed by atoms with E-state index in [4.69, 9.17) is 0 Å². The summed E-state index contributed by atoms with van der Waals surface area (Å²) in [6, 6.07) is 9.81. The minimum absolute atomic E-state index is 0.498. The predicted molar refractivity (Wildman–Crippen MR) is 62.3 cm³/mol. The Kier molecular flexibility index (Phi) is 3.18. The van der Waals surface area contributed by atoms with Crippen molar-refractivity contribution in [1.29, 1.82) is 0 Å². The molecule has 3 nitrogen and oxygen atoms in total. The lowest BCUT2D eigenvalue weighted by molar-refractivity contribution is 0.205. The number of halogens is 1. The number of hydrogen-bond donors (Lipinski definition) is 1. The second kappa shape index (κ2) is 4.59. The van der Waals surface area contributed by atoms with Crippen molar-refractivity contribution in [2.75, 3.05) is 5.33 Å². The zero-order valence-corrected chi connectivity index (χ0v) is 9.63. The highest BCUT2D eigenvalue weighted by Crippen LogP contribution is 2.15. The largest absolute Gasteiger partial charge is 0.387 e. The molecule has 0 aliphatic carbocycles. The number of nitrogens with zero attached hydrogens (tertiary/aromatic N) is 2. The van der Waals surface area contributed by atoms with Gasteiger partial charge in [0, 0.05) is 17.1 Å². The van der Waals surface area contributed by atoms with Crippen molar-refractivity contribution in [2.45, 2.75) is 6.10 Å². The summed E-state index contributed by atoms with van der Waals surface area (Å²) in [5.41, 5.74) is 1.81. The van der Waals surface area contributed by atoms with Crippen LogP contribution < -0.4 is 0 Å². The van der Waals surface area contributed by atoms with Crippen LogP contribution in [0.5, 0.6) is 0 Å². The highest BCUT2D eigenvalue weighted by atomic mass is 79.9. The monoisotopic (exact) mass is 266 g/mol. The number of hydrogen-bond acceptors (Lipinski definition) is 2. The molecule has 15 heavy (non-hydrogen) atoms. The summed E-state index contributed by atoms with van der Waals surface area (Å²) < 4.78 is 1.75. The molecule has 0 bridgehead atoms. The number of aliphatic hydroxyl groups is 1. The van der Waals surface area contributed by atoms with E-state index in [2.05, 4.69) is 21.0 Å². The van der Waals surface area contributed by atoms with E-state index < -0.39 is 6.10 Å². The van der Waals surface area contributed by atoms with Gasteiger partial charge in [0.15, 0.2) is 0 Å². The molecule has 1 heterocycles. The fourth-order valence-corrected chi connectivity index (χ4v) is 1.69. The molecule has 2 rings (SSSR count). The van der Waals surface area contributed by atoms with Gasteiger partial charge in [-0.25, -0.2) is 4.68 Å². The smallest absolute Gasteiger partial charge is 0.0917 e. The molecule has 1 aromatic heterocycles. The maximum absolute atomic E-state index is 9.59. The zero-order valence-electron chi connectivity index (χ0n) is 8.05. The van der Waals surface area contributed by atoms with Crippen molar-refractivity contribution in [1.82, 2.24) is 9.78 Å². The third kappa shape index (κ3) is 2.27. The maximum atomic E-state index is 9.59. The van der Waals surface area contributed by atoms with E-state index in [1.165, 1.54) is 0 Å². The van der Waals surface area contributed by atoms with Crippen molar-refractivity contribution in [2.24, 2.45) is 0 Å². The molecule has 0 aliphatic rings. The normalized spacial score (nSPS) is 12.7. The molecule has 1 aromatic carbocycles. The molecule has 0 aliphatic heterocycles. The Labute approximate surface area is 96.5 Å². The lowest BCUT2D eigenvalue weighted by Crippen LogP contribution is -1.96. The van der Waals surface area contributed by atoms with Gasteiger partial charge in [-0.05, 0) is 12.1 Å². The van der Waals surface area contributed by atoms with Crippen molar-refractivity contribution in [3.05, 3.63) is 48.3 Å². The second-order valence-corrected chi connectivity index (χ2v) is 3.87. The van der Waals surface area contributed by atoms with E-state index in [9.17, 15) is 5.11 Å². The topological polar surface area (TPSA) is 38.1 Å². The van der Waals surface area contributed by atoms with E-state index in [1.807, 2.05) is 36.5 Å². The SMILES string of the molecule is O[C@@H](CBr)c1cnn(-c2ccccc2)c1. The van der Waals surface area contributed by atoms with Crippen LogP contribution in [0, 0.1) is 0 Å². The van der Waals surface area contributed by atoms with Crippen LogP contribution in [0.3, 0.4) is 0 Å². The van der Waals surface area contributed by atoms with Crippen LogP contribution >= 0.6 is 15.9 Å². The van der Waals surface area contributed by atoms with Crippen LogP contribution in [0.25, 0.3) is 5.69 Å². The van der Waals surface area contributed by atoms with E-state index >= 15 is 0 Å². The molecule has 1 N–H and O–H groups in total. The van der Waals surface area contributed by atoms with Crippen LogP contribution in [0.2, 0.25) is 0 Å². The molecule has 0 saturated heterocycles. The molecule has 0 radical (unpaired) electrons. The number of para-hydroxylation sites is 1. The number of alkyl halides is 1. The minimum Gasteiger partial charge on any atom is -0.387 e. The van der Waals surface area contributed by atoms with Gasteiger partial charge in [-0.1, -0.05) is 34.1 Å². The molecule has 78 valence electrons. The number of aliphatic hydroxyl groups excluding tert-OH is 1. The van der Waals surface area contributed by atoms with Crippen LogP contribution in [0.1, 0.15) is 11.7 Å². The molecule has 0 spiro atoms. The standard InChI is InChI=1S/C11H11BrN2O/c12-6-11(15)9-7-13-14(8-9)10-4-2-1-3-5-10/h1-5,7-8,11,15H,6H2/t11-/m0/s1. The molecular formula is C11H11BrN2O. The van der Waals surface area contributed by atoms with Crippen molar-refractivity contribution in [3.63, 3.8) is 0 Å². The van der Waals surface area contributed by atoms with Gasteiger partial charge in [0.05, 0.1) is 18.0 Å². The summed E-state index contributed by atoms with van der Waals surface area (Å²) in [7, 11) is 0. The van der Waals surface area contributed by atoms with Gasteiger partial charge in [0.25, 0.3) is 0 Å². The minimum atomic E-state index is -0.498.